The Morgan fingerprint density at radius 3 is 2.54 bits per heavy atom. The van der Waals surface area contributed by atoms with Crippen molar-refractivity contribution >= 4 is 11.9 Å². The van der Waals surface area contributed by atoms with Gasteiger partial charge in [0.15, 0.2) is 5.82 Å². The number of aryl methyl sites for hydroxylation is 2. The first-order valence-corrected chi connectivity index (χ1v) is 9.37. The number of rotatable bonds is 6. The number of piperidine rings is 1. The second-order valence-electron chi connectivity index (χ2n) is 7.00. The molecular formula is C19H26N4O5. The lowest BCUT2D eigenvalue weighted by atomic mass is 9.96. The summed E-state index contributed by atoms with van der Waals surface area (Å²) in [6, 6.07) is 0. The third-order valence-electron chi connectivity index (χ3n) is 5.05. The van der Waals surface area contributed by atoms with E-state index in [2.05, 4.69) is 15.1 Å². The zero-order chi connectivity index (χ0) is 20.3. The monoisotopic (exact) mass is 390 g/mol. The molecule has 152 valence electrons. The summed E-state index contributed by atoms with van der Waals surface area (Å²) in [7, 11) is 1.54. The van der Waals surface area contributed by atoms with E-state index in [0.29, 0.717) is 53.9 Å². The van der Waals surface area contributed by atoms with Crippen molar-refractivity contribution in [2.75, 3.05) is 33.4 Å². The van der Waals surface area contributed by atoms with Gasteiger partial charge in [0.25, 0.3) is 5.91 Å². The summed E-state index contributed by atoms with van der Waals surface area (Å²) >= 11 is 0. The lowest BCUT2D eigenvalue weighted by Crippen LogP contribution is -2.38. The summed E-state index contributed by atoms with van der Waals surface area (Å²) in [6.45, 7) is 7.00. The number of carbonyl (C=O) groups excluding carboxylic acids is 2. The van der Waals surface area contributed by atoms with E-state index in [0.717, 1.165) is 12.8 Å². The third-order valence-corrected chi connectivity index (χ3v) is 5.05. The highest BCUT2D eigenvalue weighted by Gasteiger charge is 2.30. The molecule has 0 spiro atoms. The number of carbonyl (C=O) groups is 2. The Kier molecular flexibility index (Phi) is 6.13. The van der Waals surface area contributed by atoms with Crippen molar-refractivity contribution < 1.29 is 23.6 Å². The summed E-state index contributed by atoms with van der Waals surface area (Å²) in [4.78, 5) is 34.5. The van der Waals surface area contributed by atoms with Gasteiger partial charge in [0.1, 0.15) is 12.3 Å². The Balaban J connectivity index is 1.66. The number of aromatic amines is 1. The van der Waals surface area contributed by atoms with Crippen molar-refractivity contribution in [3.8, 4) is 0 Å². The maximum atomic E-state index is 13.0. The van der Waals surface area contributed by atoms with Crippen LogP contribution in [0.15, 0.2) is 4.52 Å². The topological polar surface area (TPSA) is 111 Å². The molecule has 0 aliphatic carbocycles. The van der Waals surface area contributed by atoms with Gasteiger partial charge in [-0.2, -0.15) is 4.98 Å². The Morgan fingerprint density at radius 1 is 1.21 bits per heavy atom. The van der Waals surface area contributed by atoms with Gasteiger partial charge >= 0.3 is 5.97 Å². The van der Waals surface area contributed by atoms with Crippen molar-refractivity contribution in [1.82, 2.24) is 20.0 Å². The molecule has 1 N–H and O–H groups in total. The number of likely N-dealkylation sites (tertiary alicyclic amines) is 1. The molecule has 1 fully saturated rings. The molecule has 3 rings (SSSR count). The molecule has 0 bridgehead atoms. The molecule has 0 aromatic carbocycles. The zero-order valence-corrected chi connectivity index (χ0v) is 16.7. The fourth-order valence-corrected chi connectivity index (χ4v) is 3.53. The highest BCUT2D eigenvalue weighted by atomic mass is 16.6. The molecule has 9 nitrogen and oxygen atoms in total. The van der Waals surface area contributed by atoms with Crippen LogP contribution in [0.25, 0.3) is 0 Å². The van der Waals surface area contributed by atoms with E-state index < -0.39 is 5.97 Å². The molecule has 2 aromatic rings. The van der Waals surface area contributed by atoms with Crippen LogP contribution in [-0.4, -0.2) is 65.3 Å². The third kappa shape index (κ3) is 4.09. The van der Waals surface area contributed by atoms with Crippen molar-refractivity contribution in [3.05, 3.63) is 34.2 Å². The van der Waals surface area contributed by atoms with Crippen LogP contribution in [0, 0.1) is 20.8 Å². The minimum Gasteiger partial charge on any atom is -0.460 e. The lowest BCUT2D eigenvalue weighted by molar-refractivity contribution is 0.0387. The second kappa shape index (κ2) is 8.55. The van der Waals surface area contributed by atoms with Gasteiger partial charge in [-0.05, 0) is 39.2 Å². The molecule has 1 aliphatic heterocycles. The summed E-state index contributed by atoms with van der Waals surface area (Å²) in [5, 5.41) is 3.84. The summed E-state index contributed by atoms with van der Waals surface area (Å²) in [5.74, 6) is 0.862. The van der Waals surface area contributed by atoms with Gasteiger partial charge < -0.3 is 23.9 Å². The minimum atomic E-state index is -0.451. The van der Waals surface area contributed by atoms with Crippen LogP contribution >= 0.6 is 0 Å². The number of aromatic nitrogens is 3. The number of amides is 1. The number of hydrogen-bond acceptors (Lipinski definition) is 7. The Labute approximate surface area is 163 Å². The van der Waals surface area contributed by atoms with E-state index in [1.165, 1.54) is 0 Å². The van der Waals surface area contributed by atoms with Crippen LogP contribution in [0.2, 0.25) is 0 Å². The first-order chi connectivity index (χ1) is 13.4. The van der Waals surface area contributed by atoms with E-state index in [1.54, 1.807) is 32.8 Å². The summed E-state index contributed by atoms with van der Waals surface area (Å²) in [5.41, 5.74) is 2.08. The molecular weight excluding hydrogens is 364 g/mol. The van der Waals surface area contributed by atoms with Gasteiger partial charge in [-0.1, -0.05) is 5.16 Å². The molecule has 0 atom stereocenters. The van der Waals surface area contributed by atoms with Crippen LogP contribution in [0.1, 0.15) is 62.6 Å². The van der Waals surface area contributed by atoms with Gasteiger partial charge in [-0.15, -0.1) is 0 Å². The predicted octanol–water partition coefficient (Wildman–Crippen LogP) is 2.15. The van der Waals surface area contributed by atoms with Crippen molar-refractivity contribution in [2.24, 2.45) is 0 Å². The largest absolute Gasteiger partial charge is 0.460 e. The first kappa shape index (κ1) is 20.1. The highest BCUT2D eigenvalue weighted by Crippen LogP contribution is 2.28. The molecule has 1 aliphatic rings. The smallest absolute Gasteiger partial charge is 0.340 e. The normalized spacial score (nSPS) is 15.1. The number of nitrogens with zero attached hydrogens (tertiary/aromatic N) is 3. The fourth-order valence-electron chi connectivity index (χ4n) is 3.53. The zero-order valence-electron chi connectivity index (χ0n) is 16.7. The molecule has 0 unspecified atom stereocenters. The van der Waals surface area contributed by atoms with Crippen LogP contribution in [0.4, 0.5) is 0 Å². The predicted molar refractivity (Wildman–Crippen MR) is 99.3 cm³/mol. The number of hydrogen-bond donors (Lipinski definition) is 1. The van der Waals surface area contributed by atoms with Gasteiger partial charge in [-0.25, -0.2) is 4.79 Å². The Morgan fingerprint density at radius 2 is 1.93 bits per heavy atom. The summed E-state index contributed by atoms with van der Waals surface area (Å²) in [6.07, 6.45) is 1.52. The number of H-pyrrole nitrogens is 1. The van der Waals surface area contributed by atoms with Crippen molar-refractivity contribution in [3.63, 3.8) is 0 Å². The number of esters is 1. The van der Waals surface area contributed by atoms with E-state index in [1.807, 2.05) is 0 Å². The standard InChI is InChI=1S/C19H26N4O5/c1-11-15(19(25)27-10-9-26-4)12(2)20-16(11)18(24)23-7-5-14(6-8-23)17-21-13(3)22-28-17/h14,20H,5-10H2,1-4H3. The average molecular weight is 390 g/mol. The molecule has 3 heterocycles. The van der Waals surface area contributed by atoms with E-state index >= 15 is 0 Å². The SMILES string of the molecule is COCCOC(=O)c1c(C)[nH]c(C(=O)N2CCC(c3nc(C)no3)CC2)c1C. The van der Waals surface area contributed by atoms with E-state index in [4.69, 9.17) is 14.0 Å². The van der Waals surface area contributed by atoms with E-state index in [9.17, 15) is 9.59 Å². The van der Waals surface area contributed by atoms with Gasteiger partial charge in [0.2, 0.25) is 5.89 Å². The van der Waals surface area contributed by atoms with Crippen LogP contribution in [0.3, 0.4) is 0 Å². The molecule has 28 heavy (non-hydrogen) atoms. The van der Waals surface area contributed by atoms with Crippen molar-refractivity contribution in [1.29, 1.82) is 0 Å². The molecule has 0 radical (unpaired) electrons. The van der Waals surface area contributed by atoms with Crippen LogP contribution in [-0.2, 0) is 9.47 Å². The quantitative estimate of drug-likeness (QED) is 0.594. The number of methoxy groups -OCH3 is 1. The molecule has 1 amide bonds. The molecule has 2 aromatic heterocycles. The van der Waals surface area contributed by atoms with E-state index in [-0.39, 0.29) is 18.4 Å². The summed E-state index contributed by atoms with van der Waals surface area (Å²) < 4.78 is 15.4. The Bertz CT molecular complexity index is 849. The molecule has 9 heteroatoms. The number of nitrogens with one attached hydrogen (secondary N) is 1. The minimum absolute atomic E-state index is 0.114. The lowest BCUT2D eigenvalue weighted by Gasteiger charge is -2.30. The van der Waals surface area contributed by atoms with Crippen LogP contribution in [0.5, 0.6) is 0 Å². The molecule has 1 saturated heterocycles. The molecule has 0 saturated carbocycles. The van der Waals surface area contributed by atoms with Gasteiger partial charge in [0.05, 0.1) is 12.2 Å². The average Bonchev–Trinajstić information content (AvgIpc) is 3.24. The fraction of sp³-hybridized carbons (Fsp3) is 0.579. The van der Waals surface area contributed by atoms with Gasteiger partial charge in [0, 0.05) is 31.8 Å². The first-order valence-electron chi connectivity index (χ1n) is 9.37. The van der Waals surface area contributed by atoms with Crippen molar-refractivity contribution in [2.45, 2.75) is 39.5 Å². The van der Waals surface area contributed by atoms with Gasteiger partial charge in [-0.3, -0.25) is 4.79 Å². The number of ether oxygens (including phenoxy) is 2. The Hall–Kier alpha value is -2.68. The second-order valence-corrected chi connectivity index (χ2v) is 7.00. The highest BCUT2D eigenvalue weighted by molar-refractivity contribution is 6.00. The maximum absolute atomic E-state index is 13.0. The van der Waals surface area contributed by atoms with Crippen LogP contribution < -0.4 is 0 Å². The maximum Gasteiger partial charge on any atom is 0.340 e.